The van der Waals surface area contributed by atoms with Crippen molar-refractivity contribution in [1.82, 2.24) is 10.6 Å². The Hall–Kier alpha value is -4.08. The van der Waals surface area contributed by atoms with Gasteiger partial charge in [-0.1, -0.05) is 12.1 Å². The lowest BCUT2D eigenvalue weighted by Gasteiger charge is -2.28. The first kappa shape index (κ1) is 20.6. The van der Waals surface area contributed by atoms with Crippen molar-refractivity contribution in [3.8, 4) is 11.5 Å². The Labute approximate surface area is 172 Å². The molecule has 10 heteroatoms. The summed E-state index contributed by atoms with van der Waals surface area (Å²) in [6, 6.07) is 9.30. The molecule has 2 aromatic carbocycles. The Morgan fingerprint density at radius 2 is 1.93 bits per heavy atom. The third-order valence-corrected chi connectivity index (χ3v) is 4.59. The number of urea groups is 1. The minimum absolute atomic E-state index is 0.144. The SMILES string of the molecule is COc1ccc(NC(=O)C2=C(C)NC(=O)N[C@@H]2c2cccc([N+](=O)[O-])c2)c(OC)c1. The first-order valence-electron chi connectivity index (χ1n) is 8.90. The summed E-state index contributed by atoms with van der Waals surface area (Å²) in [5.41, 5.74) is 1.21. The topological polar surface area (TPSA) is 132 Å². The Kier molecular flexibility index (Phi) is 5.86. The Morgan fingerprint density at radius 1 is 1.17 bits per heavy atom. The van der Waals surface area contributed by atoms with E-state index in [1.165, 1.54) is 32.4 Å². The van der Waals surface area contributed by atoms with Crippen LogP contribution in [-0.2, 0) is 4.79 Å². The molecule has 3 N–H and O–H groups in total. The predicted octanol–water partition coefficient (Wildman–Crippen LogP) is 2.88. The standard InChI is InChI=1S/C20H20N4O6/c1-11-17(19(25)22-15-8-7-14(29-2)10-16(15)30-3)18(23-20(26)21-11)12-5-4-6-13(9-12)24(27)28/h4-10,18H,1-3H3,(H,22,25)(H2,21,23,26)/t18-/m1/s1. The minimum atomic E-state index is -0.872. The second-order valence-electron chi connectivity index (χ2n) is 6.44. The van der Waals surface area contributed by atoms with E-state index in [-0.39, 0.29) is 11.3 Å². The molecule has 0 bridgehead atoms. The van der Waals surface area contributed by atoms with Gasteiger partial charge in [0.05, 0.1) is 36.4 Å². The number of nitro benzene ring substituents is 1. The van der Waals surface area contributed by atoms with Crippen molar-refractivity contribution < 1.29 is 24.0 Å². The first-order chi connectivity index (χ1) is 14.3. The molecule has 0 aromatic heterocycles. The van der Waals surface area contributed by atoms with Crippen molar-refractivity contribution in [3.05, 3.63) is 69.4 Å². The number of anilines is 1. The molecule has 1 atom stereocenters. The van der Waals surface area contributed by atoms with Crippen LogP contribution in [0.3, 0.4) is 0 Å². The number of allylic oxidation sites excluding steroid dienone is 1. The number of benzene rings is 2. The molecule has 1 aliphatic heterocycles. The van der Waals surface area contributed by atoms with Gasteiger partial charge in [0.2, 0.25) is 0 Å². The monoisotopic (exact) mass is 412 g/mol. The molecule has 30 heavy (non-hydrogen) atoms. The second kappa shape index (κ2) is 8.52. The van der Waals surface area contributed by atoms with Crippen molar-refractivity contribution in [2.75, 3.05) is 19.5 Å². The van der Waals surface area contributed by atoms with Gasteiger partial charge >= 0.3 is 6.03 Å². The smallest absolute Gasteiger partial charge is 0.319 e. The van der Waals surface area contributed by atoms with Crippen LogP contribution in [-0.4, -0.2) is 31.1 Å². The molecule has 0 saturated heterocycles. The number of ether oxygens (including phenoxy) is 2. The quantitative estimate of drug-likeness (QED) is 0.494. The molecule has 10 nitrogen and oxygen atoms in total. The molecule has 0 aliphatic carbocycles. The van der Waals surface area contributed by atoms with Crippen molar-refractivity contribution in [2.24, 2.45) is 0 Å². The fourth-order valence-corrected chi connectivity index (χ4v) is 3.15. The van der Waals surface area contributed by atoms with Gasteiger partial charge in [-0.25, -0.2) is 4.79 Å². The summed E-state index contributed by atoms with van der Waals surface area (Å²) in [4.78, 5) is 35.7. The fraction of sp³-hybridized carbons (Fsp3) is 0.200. The van der Waals surface area contributed by atoms with Crippen LogP contribution in [0.4, 0.5) is 16.2 Å². The van der Waals surface area contributed by atoms with E-state index >= 15 is 0 Å². The van der Waals surface area contributed by atoms with E-state index in [1.54, 1.807) is 31.2 Å². The summed E-state index contributed by atoms with van der Waals surface area (Å²) in [6.45, 7) is 1.59. The van der Waals surface area contributed by atoms with Gasteiger partial charge < -0.3 is 25.4 Å². The van der Waals surface area contributed by atoms with Gasteiger partial charge in [0.15, 0.2) is 0 Å². The van der Waals surface area contributed by atoms with Crippen LogP contribution in [0.25, 0.3) is 0 Å². The molecule has 1 aliphatic rings. The summed E-state index contributed by atoms with van der Waals surface area (Å²) in [6.07, 6.45) is 0. The number of hydrogen-bond acceptors (Lipinski definition) is 6. The van der Waals surface area contributed by atoms with Gasteiger partial charge in [0.1, 0.15) is 11.5 Å². The summed E-state index contributed by atoms with van der Waals surface area (Å²) in [7, 11) is 2.98. The molecule has 0 spiro atoms. The van der Waals surface area contributed by atoms with E-state index < -0.39 is 22.9 Å². The van der Waals surface area contributed by atoms with E-state index in [0.29, 0.717) is 28.4 Å². The summed E-state index contributed by atoms with van der Waals surface area (Å²) >= 11 is 0. The highest BCUT2D eigenvalue weighted by atomic mass is 16.6. The molecular weight excluding hydrogens is 392 g/mol. The van der Waals surface area contributed by atoms with Crippen molar-refractivity contribution in [1.29, 1.82) is 0 Å². The number of hydrogen-bond donors (Lipinski definition) is 3. The van der Waals surface area contributed by atoms with Crippen LogP contribution < -0.4 is 25.4 Å². The van der Waals surface area contributed by atoms with Crippen LogP contribution in [0, 0.1) is 10.1 Å². The highest BCUT2D eigenvalue weighted by molar-refractivity contribution is 6.07. The Bertz CT molecular complexity index is 1050. The molecule has 0 fully saturated rings. The number of methoxy groups -OCH3 is 2. The largest absolute Gasteiger partial charge is 0.497 e. The lowest BCUT2D eigenvalue weighted by molar-refractivity contribution is -0.384. The zero-order valence-corrected chi connectivity index (χ0v) is 16.5. The molecular formula is C20H20N4O6. The molecule has 0 saturated carbocycles. The second-order valence-corrected chi connectivity index (χ2v) is 6.44. The maximum absolute atomic E-state index is 13.1. The highest BCUT2D eigenvalue weighted by Crippen LogP contribution is 2.33. The predicted molar refractivity (Wildman–Crippen MR) is 108 cm³/mol. The summed E-state index contributed by atoms with van der Waals surface area (Å²) < 4.78 is 10.5. The molecule has 3 rings (SSSR count). The van der Waals surface area contributed by atoms with Crippen LogP contribution in [0.5, 0.6) is 11.5 Å². The van der Waals surface area contributed by atoms with Crippen LogP contribution >= 0.6 is 0 Å². The molecule has 156 valence electrons. The number of carbonyl (C=O) groups is 2. The van der Waals surface area contributed by atoms with Gasteiger partial charge in [0, 0.05) is 23.9 Å². The number of nitro groups is 1. The number of nitrogens with one attached hydrogen (secondary N) is 3. The van der Waals surface area contributed by atoms with Crippen molar-refractivity contribution in [3.63, 3.8) is 0 Å². The maximum Gasteiger partial charge on any atom is 0.319 e. The summed E-state index contributed by atoms with van der Waals surface area (Å²) in [5, 5.41) is 19.1. The zero-order valence-electron chi connectivity index (χ0n) is 16.5. The first-order valence-corrected chi connectivity index (χ1v) is 8.90. The minimum Gasteiger partial charge on any atom is -0.497 e. The molecule has 3 amide bonds. The normalized spacial score (nSPS) is 15.7. The average molecular weight is 412 g/mol. The third kappa shape index (κ3) is 4.17. The lowest BCUT2D eigenvalue weighted by Crippen LogP contribution is -2.46. The van der Waals surface area contributed by atoms with Crippen LogP contribution in [0.2, 0.25) is 0 Å². The maximum atomic E-state index is 13.1. The third-order valence-electron chi connectivity index (χ3n) is 4.59. The average Bonchev–Trinajstić information content (AvgIpc) is 2.73. The molecule has 1 heterocycles. The van der Waals surface area contributed by atoms with Crippen LogP contribution in [0.1, 0.15) is 18.5 Å². The van der Waals surface area contributed by atoms with E-state index in [1.807, 2.05) is 0 Å². The fourth-order valence-electron chi connectivity index (χ4n) is 3.15. The zero-order chi connectivity index (χ0) is 21.8. The van der Waals surface area contributed by atoms with Gasteiger partial charge in [-0.3, -0.25) is 14.9 Å². The van der Waals surface area contributed by atoms with Gasteiger partial charge in [-0.05, 0) is 24.6 Å². The Morgan fingerprint density at radius 3 is 2.60 bits per heavy atom. The molecule has 2 aromatic rings. The summed E-state index contributed by atoms with van der Waals surface area (Å²) in [5.74, 6) is 0.446. The number of amides is 3. The van der Waals surface area contributed by atoms with Crippen LogP contribution in [0.15, 0.2) is 53.7 Å². The van der Waals surface area contributed by atoms with E-state index in [9.17, 15) is 19.7 Å². The van der Waals surface area contributed by atoms with E-state index in [0.717, 1.165) is 0 Å². The van der Waals surface area contributed by atoms with E-state index in [2.05, 4.69) is 16.0 Å². The highest BCUT2D eigenvalue weighted by Gasteiger charge is 2.32. The lowest BCUT2D eigenvalue weighted by atomic mass is 9.94. The number of carbonyl (C=O) groups excluding carboxylic acids is 2. The number of nitrogens with zero attached hydrogens (tertiary/aromatic N) is 1. The number of non-ortho nitro benzene ring substituents is 1. The molecule has 0 unspecified atom stereocenters. The van der Waals surface area contributed by atoms with Gasteiger partial charge in [0.25, 0.3) is 11.6 Å². The van der Waals surface area contributed by atoms with Gasteiger partial charge in [-0.2, -0.15) is 0 Å². The van der Waals surface area contributed by atoms with E-state index in [4.69, 9.17) is 9.47 Å². The molecule has 0 radical (unpaired) electrons. The Balaban J connectivity index is 1.98. The number of rotatable bonds is 6. The van der Waals surface area contributed by atoms with Crippen molar-refractivity contribution in [2.45, 2.75) is 13.0 Å². The van der Waals surface area contributed by atoms with Gasteiger partial charge in [-0.15, -0.1) is 0 Å². The van der Waals surface area contributed by atoms with Crippen molar-refractivity contribution >= 4 is 23.3 Å².